The van der Waals surface area contributed by atoms with Crippen LogP contribution in [-0.4, -0.2) is 11.4 Å². The number of hydrogen-bond donors (Lipinski definition) is 0. The van der Waals surface area contributed by atoms with Crippen LogP contribution in [0, 0.1) is 0 Å². The molecule has 2 aliphatic heterocycles. The largest absolute Gasteiger partial charge is 0.376 e. The Morgan fingerprint density at radius 1 is 0.492 bits per heavy atom. The topological polar surface area (TPSA) is 8.17 Å². The molecule has 288 valence electrons. The molecule has 0 bridgehead atoms. The van der Waals surface area contributed by atoms with Crippen LogP contribution in [0.1, 0.15) is 103 Å². The van der Waals surface area contributed by atoms with Crippen molar-refractivity contribution in [2.75, 3.05) is 4.81 Å². The monoisotopic (exact) mass is 762 g/mol. The molecule has 3 heteroatoms. The summed E-state index contributed by atoms with van der Waals surface area (Å²) >= 11 is 0. The smallest absolute Gasteiger partial charge is 0.333 e. The van der Waals surface area contributed by atoms with E-state index >= 15 is 0 Å². The Kier molecular flexibility index (Phi) is 6.60. The van der Waals surface area contributed by atoms with Crippen LogP contribution < -0.4 is 15.7 Å². The minimum Gasteiger partial charge on any atom is -0.376 e. The summed E-state index contributed by atoms with van der Waals surface area (Å²) in [6.07, 6.45) is 0. The molecule has 12 rings (SSSR count). The number of anilines is 2. The lowest BCUT2D eigenvalue weighted by atomic mass is 9.43. The summed E-state index contributed by atoms with van der Waals surface area (Å²) in [4.78, 5) is 2.69. The second-order valence-corrected chi connectivity index (χ2v) is 21.0. The molecule has 59 heavy (non-hydrogen) atoms. The number of hydrogen-bond acceptors (Lipinski definition) is 1. The summed E-state index contributed by atoms with van der Waals surface area (Å²) in [7, 11) is 0. The van der Waals surface area contributed by atoms with E-state index in [4.69, 9.17) is 0 Å². The van der Waals surface area contributed by atoms with Gasteiger partial charge in [-0.3, -0.25) is 0 Å². The van der Waals surface area contributed by atoms with Gasteiger partial charge in [0.15, 0.2) is 0 Å². The molecule has 0 saturated heterocycles. The van der Waals surface area contributed by atoms with Gasteiger partial charge >= 0.3 is 6.85 Å². The maximum Gasteiger partial charge on any atom is 0.333 e. The van der Waals surface area contributed by atoms with Crippen molar-refractivity contribution >= 4 is 51.0 Å². The minimum absolute atomic E-state index is 0.00932. The van der Waals surface area contributed by atoms with Gasteiger partial charge in [-0.2, -0.15) is 0 Å². The van der Waals surface area contributed by atoms with Gasteiger partial charge in [0.25, 0.3) is 0 Å². The van der Waals surface area contributed by atoms with E-state index in [1.54, 1.807) is 0 Å². The summed E-state index contributed by atoms with van der Waals surface area (Å²) < 4.78 is 2.68. The molecule has 0 atom stereocenters. The van der Waals surface area contributed by atoms with Crippen molar-refractivity contribution in [2.24, 2.45) is 0 Å². The van der Waals surface area contributed by atoms with Gasteiger partial charge in [0.2, 0.25) is 0 Å². The first-order chi connectivity index (χ1) is 28.1. The highest BCUT2D eigenvalue weighted by molar-refractivity contribution is 6.93. The molecule has 0 unspecified atom stereocenters. The molecular formula is C56H51BN2. The van der Waals surface area contributed by atoms with Crippen molar-refractivity contribution in [3.8, 4) is 39.1 Å². The fourth-order valence-corrected chi connectivity index (χ4v) is 11.7. The molecule has 0 spiro atoms. The number of benzene rings is 7. The summed E-state index contributed by atoms with van der Waals surface area (Å²) in [5.41, 5.74) is 25.6. The van der Waals surface area contributed by atoms with Crippen LogP contribution in [-0.2, 0) is 21.7 Å². The van der Waals surface area contributed by atoms with Gasteiger partial charge in [0.1, 0.15) is 0 Å². The summed E-state index contributed by atoms with van der Waals surface area (Å²) in [5, 5.41) is 2.73. The molecule has 7 aromatic carbocycles. The van der Waals surface area contributed by atoms with E-state index in [0.717, 1.165) is 0 Å². The zero-order chi connectivity index (χ0) is 40.7. The second kappa shape index (κ2) is 11.1. The predicted octanol–water partition coefficient (Wildman–Crippen LogP) is 13.2. The molecular weight excluding hydrogens is 711 g/mol. The van der Waals surface area contributed by atoms with Crippen molar-refractivity contribution in [3.05, 3.63) is 161 Å². The van der Waals surface area contributed by atoms with Crippen molar-refractivity contribution in [3.63, 3.8) is 0 Å². The average molecular weight is 763 g/mol. The average Bonchev–Trinajstić information content (AvgIpc) is 3.76. The molecule has 8 aromatic rings. The van der Waals surface area contributed by atoms with Crippen molar-refractivity contribution in [2.45, 2.75) is 90.9 Å². The van der Waals surface area contributed by atoms with Gasteiger partial charge < -0.3 is 9.38 Å². The number of aromatic nitrogens is 1. The first-order valence-corrected chi connectivity index (χ1v) is 21.6. The maximum atomic E-state index is 2.69. The molecule has 0 saturated carbocycles. The van der Waals surface area contributed by atoms with Crippen molar-refractivity contribution in [1.82, 2.24) is 4.57 Å². The first-order valence-electron chi connectivity index (χ1n) is 21.6. The first kappa shape index (κ1) is 35.2. The maximum absolute atomic E-state index is 2.69. The fraction of sp³-hybridized carbons (Fsp3) is 0.250. The minimum atomic E-state index is -0.125. The molecule has 0 radical (unpaired) electrons. The summed E-state index contributed by atoms with van der Waals surface area (Å²) in [6.45, 7) is 23.6. The van der Waals surface area contributed by atoms with E-state index in [1.807, 2.05) is 0 Å². The normalized spacial score (nSPS) is 16.2. The third-order valence-corrected chi connectivity index (χ3v) is 14.9. The fourth-order valence-electron chi connectivity index (χ4n) is 11.7. The zero-order valence-electron chi connectivity index (χ0n) is 36.1. The third-order valence-electron chi connectivity index (χ3n) is 14.9. The highest BCUT2D eigenvalue weighted by Crippen LogP contribution is 2.56. The lowest BCUT2D eigenvalue weighted by molar-refractivity contribution is 0.590. The molecule has 1 aromatic heterocycles. The van der Waals surface area contributed by atoms with Crippen LogP contribution in [0.15, 0.2) is 127 Å². The Morgan fingerprint density at radius 2 is 1.14 bits per heavy atom. The SMILES string of the molecule is CC(C)(C)c1ccc(N2B3c4cc5c(cc4-n4c6ccc7c(c6c6ccc(c3c64)-c3cc(C(C)(C)C)ccc32)-c2ccccc2C7(C)C)C(C)(C)c2ccccc2-5)cc1. The van der Waals surface area contributed by atoms with Gasteiger partial charge in [0.05, 0.1) is 11.0 Å². The molecule has 2 aliphatic carbocycles. The quantitative estimate of drug-likeness (QED) is 0.151. The standard InChI is InChI=1S/C56H51BN2/c1-53(2,3)32-19-22-34(23-20-32)59-46-27-21-33(54(4,5)6)29-40(46)36-24-25-38-50-47(28-26-43-49(50)37-16-12-14-18-42(37)55(43,7)8)58-48-31-44-39(30-45(48)57(59)51(36)52(38)58)35-15-11-13-17-41(35)56(44,9)10/h11-31H,1-10H3. The third kappa shape index (κ3) is 4.39. The lowest BCUT2D eigenvalue weighted by Gasteiger charge is -2.43. The van der Waals surface area contributed by atoms with Gasteiger partial charge in [0, 0.05) is 44.2 Å². The molecule has 0 amide bonds. The van der Waals surface area contributed by atoms with E-state index in [-0.39, 0.29) is 28.5 Å². The van der Waals surface area contributed by atoms with E-state index in [9.17, 15) is 0 Å². The molecule has 0 fully saturated rings. The lowest BCUT2D eigenvalue weighted by Crippen LogP contribution is -2.60. The van der Waals surface area contributed by atoms with Crippen molar-refractivity contribution < 1.29 is 0 Å². The number of fused-ring (bicyclic) bond motifs is 15. The Balaban J connectivity index is 1.26. The predicted molar refractivity (Wildman–Crippen MR) is 252 cm³/mol. The van der Waals surface area contributed by atoms with Crippen LogP contribution in [0.4, 0.5) is 11.4 Å². The van der Waals surface area contributed by atoms with Crippen LogP contribution in [0.25, 0.3) is 60.9 Å². The van der Waals surface area contributed by atoms with Gasteiger partial charge in [-0.05, 0) is 119 Å². The van der Waals surface area contributed by atoms with Crippen LogP contribution in [0.3, 0.4) is 0 Å². The molecule has 4 aliphatic rings. The summed E-state index contributed by atoms with van der Waals surface area (Å²) in [6, 6.07) is 50.1. The van der Waals surface area contributed by atoms with Crippen LogP contribution in [0.5, 0.6) is 0 Å². The Morgan fingerprint density at radius 3 is 1.85 bits per heavy atom. The number of nitrogens with zero attached hydrogens (tertiary/aromatic N) is 2. The van der Waals surface area contributed by atoms with Gasteiger partial charge in [-0.15, -0.1) is 0 Å². The Bertz CT molecular complexity index is 3180. The molecule has 2 nitrogen and oxygen atoms in total. The highest BCUT2D eigenvalue weighted by Gasteiger charge is 2.47. The zero-order valence-corrected chi connectivity index (χ0v) is 36.1. The van der Waals surface area contributed by atoms with Gasteiger partial charge in [-0.25, -0.2) is 0 Å². The van der Waals surface area contributed by atoms with E-state index in [0.29, 0.717) is 0 Å². The van der Waals surface area contributed by atoms with Crippen LogP contribution in [0.2, 0.25) is 0 Å². The Labute approximate surface area is 349 Å². The number of rotatable bonds is 1. The Hall–Kier alpha value is -5.80. The van der Waals surface area contributed by atoms with Crippen LogP contribution >= 0.6 is 0 Å². The highest BCUT2D eigenvalue weighted by atomic mass is 15.1. The van der Waals surface area contributed by atoms with E-state index < -0.39 is 0 Å². The molecule has 3 heterocycles. The van der Waals surface area contributed by atoms with Crippen molar-refractivity contribution in [1.29, 1.82) is 0 Å². The summed E-state index contributed by atoms with van der Waals surface area (Å²) in [5.74, 6) is 0. The van der Waals surface area contributed by atoms with Gasteiger partial charge in [-0.1, -0.05) is 160 Å². The molecule has 0 N–H and O–H groups in total. The van der Waals surface area contributed by atoms with E-state index in [1.165, 1.54) is 117 Å². The second-order valence-electron chi connectivity index (χ2n) is 21.0. The van der Waals surface area contributed by atoms with E-state index in [2.05, 4.69) is 206 Å².